The number of anilines is 2. The van der Waals surface area contributed by atoms with Gasteiger partial charge in [-0.1, -0.05) is 35.9 Å². The van der Waals surface area contributed by atoms with Crippen molar-refractivity contribution >= 4 is 34.8 Å². The highest BCUT2D eigenvalue weighted by atomic mass is 35.5. The molecule has 0 spiro atoms. The fraction of sp³-hybridized carbons (Fsp3) is 0.391. The normalized spacial score (nSPS) is 21.7. The predicted molar refractivity (Wildman–Crippen MR) is 116 cm³/mol. The molecule has 2 fully saturated rings. The molecule has 2 amide bonds. The molecule has 0 saturated carbocycles. The second-order valence-corrected chi connectivity index (χ2v) is 8.45. The van der Waals surface area contributed by atoms with Crippen LogP contribution in [0.15, 0.2) is 48.5 Å². The molecule has 6 heteroatoms. The molecule has 0 aromatic heterocycles. The summed E-state index contributed by atoms with van der Waals surface area (Å²) in [5.41, 5.74) is 3.24. The van der Waals surface area contributed by atoms with E-state index in [2.05, 4.69) is 17.1 Å². The van der Waals surface area contributed by atoms with Crippen molar-refractivity contribution in [1.29, 1.82) is 0 Å². The van der Waals surface area contributed by atoms with Gasteiger partial charge in [0, 0.05) is 49.0 Å². The van der Waals surface area contributed by atoms with E-state index in [1.54, 1.807) is 4.90 Å². The number of para-hydroxylation sites is 1. The highest BCUT2D eigenvalue weighted by molar-refractivity contribution is 6.30. The molecule has 2 aliphatic heterocycles. The van der Waals surface area contributed by atoms with Gasteiger partial charge in [0.15, 0.2) is 0 Å². The van der Waals surface area contributed by atoms with Crippen molar-refractivity contribution in [3.05, 3.63) is 59.1 Å². The Labute approximate surface area is 176 Å². The van der Waals surface area contributed by atoms with Gasteiger partial charge < -0.3 is 15.1 Å². The van der Waals surface area contributed by atoms with Crippen LogP contribution in [-0.2, 0) is 9.59 Å². The number of hydrogen-bond acceptors (Lipinski definition) is 3. The Bertz CT molecular complexity index is 902. The van der Waals surface area contributed by atoms with E-state index in [9.17, 15) is 9.59 Å². The van der Waals surface area contributed by atoms with Crippen LogP contribution < -0.4 is 15.1 Å². The van der Waals surface area contributed by atoms with Crippen molar-refractivity contribution in [1.82, 2.24) is 5.32 Å². The molecule has 152 valence electrons. The van der Waals surface area contributed by atoms with E-state index in [0.717, 1.165) is 30.2 Å². The minimum absolute atomic E-state index is 0.0137. The van der Waals surface area contributed by atoms with Crippen molar-refractivity contribution in [2.75, 3.05) is 36.0 Å². The van der Waals surface area contributed by atoms with Crippen LogP contribution in [0.1, 0.15) is 18.4 Å². The van der Waals surface area contributed by atoms with Gasteiger partial charge in [0.05, 0.1) is 5.92 Å². The Kier molecular flexibility index (Phi) is 5.76. The van der Waals surface area contributed by atoms with Gasteiger partial charge in [-0.3, -0.25) is 9.59 Å². The molecule has 0 bridgehead atoms. The summed E-state index contributed by atoms with van der Waals surface area (Å²) in [6.07, 6.45) is 1.31. The van der Waals surface area contributed by atoms with Crippen LogP contribution in [0.4, 0.5) is 11.4 Å². The predicted octanol–water partition coefficient (Wildman–Crippen LogP) is 3.64. The molecule has 2 aromatic rings. The van der Waals surface area contributed by atoms with E-state index in [1.165, 1.54) is 11.3 Å². The molecular formula is C23H26ClN3O2. The Hall–Kier alpha value is -2.53. The molecule has 2 saturated heterocycles. The Morgan fingerprint density at radius 1 is 1.17 bits per heavy atom. The number of carbonyl (C=O) groups excluding carboxylic acids is 2. The van der Waals surface area contributed by atoms with Gasteiger partial charge in [-0.25, -0.2) is 0 Å². The maximum absolute atomic E-state index is 12.7. The number of rotatable bonds is 5. The average molecular weight is 412 g/mol. The summed E-state index contributed by atoms with van der Waals surface area (Å²) in [5.74, 6) is 0.115. The lowest BCUT2D eigenvalue weighted by molar-refractivity contribution is -0.126. The average Bonchev–Trinajstić information content (AvgIpc) is 3.35. The zero-order valence-corrected chi connectivity index (χ0v) is 17.4. The molecular weight excluding hydrogens is 386 g/mol. The van der Waals surface area contributed by atoms with Gasteiger partial charge in [0.25, 0.3) is 0 Å². The number of nitrogens with one attached hydrogen (secondary N) is 1. The third-order valence-corrected chi connectivity index (χ3v) is 6.16. The molecule has 4 rings (SSSR count). The number of hydrogen-bond donors (Lipinski definition) is 1. The number of nitrogens with zero attached hydrogens (tertiary/aromatic N) is 2. The second kappa shape index (κ2) is 8.46. The summed E-state index contributed by atoms with van der Waals surface area (Å²) in [5, 5.41) is 3.83. The lowest BCUT2D eigenvalue weighted by Crippen LogP contribution is -2.36. The minimum atomic E-state index is -0.282. The van der Waals surface area contributed by atoms with Gasteiger partial charge >= 0.3 is 0 Å². The molecule has 2 aliphatic rings. The van der Waals surface area contributed by atoms with Crippen LogP contribution in [0.2, 0.25) is 5.02 Å². The van der Waals surface area contributed by atoms with Crippen LogP contribution in [0.3, 0.4) is 0 Å². The third-order valence-electron chi connectivity index (χ3n) is 5.93. The Balaban J connectivity index is 1.29. The van der Waals surface area contributed by atoms with Crippen molar-refractivity contribution in [2.24, 2.45) is 11.8 Å². The fourth-order valence-electron chi connectivity index (χ4n) is 4.27. The number of halogens is 1. The first-order valence-electron chi connectivity index (χ1n) is 10.2. The topological polar surface area (TPSA) is 52.7 Å². The Morgan fingerprint density at radius 2 is 1.97 bits per heavy atom. The molecule has 2 heterocycles. The maximum atomic E-state index is 12.7. The van der Waals surface area contributed by atoms with E-state index < -0.39 is 0 Å². The molecule has 29 heavy (non-hydrogen) atoms. The molecule has 2 unspecified atom stereocenters. The molecule has 1 N–H and O–H groups in total. The van der Waals surface area contributed by atoms with Crippen molar-refractivity contribution in [2.45, 2.75) is 19.8 Å². The highest BCUT2D eigenvalue weighted by Crippen LogP contribution is 2.29. The van der Waals surface area contributed by atoms with Crippen LogP contribution in [0.25, 0.3) is 0 Å². The standard InChI is InChI=1S/C23H26ClN3O2/c1-16-7-8-19(24)12-21(16)26-10-9-17(14-26)13-25-23(29)18-11-22(28)27(15-18)20-5-3-2-4-6-20/h2-8,12,17-18H,9-11,13-15H2,1H3,(H,25,29). The van der Waals surface area contributed by atoms with Crippen molar-refractivity contribution < 1.29 is 9.59 Å². The SMILES string of the molecule is Cc1ccc(Cl)cc1N1CCC(CNC(=O)C2CC(=O)N(c3ccccc3)C2)C1. The minimum Gasteiger partial charge on any atom is -0.371 e. The third kappa shape index (κ3) is 4.40. The second-order valence-electron chi connectivity index (χ2n) is 8.02. The summed E-state index contributed by atoms with van der Waals surface area (Å²) in [6.45, 7) is 5.06. The van der Waals surface area contributed by atoms with Crippen LogP contribution in [-0.4, -0.2) is 38.0 Å². The highest BCUT2D eigenvalue weighted by Gasteiger charge is 2.35. The summed E-state index contributed by atoms with van der Waals surface area (Å²) in [6, 6.07) is 15.5. The van der Waals surface area contributed by atoms with Crippen LogP contribution in [0.5, 0.6) is 0 Å². The fourth-order valence-corrected chi connectivity index (χ4v) is 4.44. The van der Waals surface area contributed by atoms with Crippen molar-refractivity contribution in [3.8, 4) is 0 Å². The summed E-state index contributed by atoms with van der Waals surface area (Å²) >= 11 is 6.16. The van der Waals surface area contributed by atoms with Crippen LogP contribution in [0, 0.1) is 18.8 Å². The molecule has 5 nitrogen and oxygen atoms in total. The summed E-state index contributed by atoms with van der Waals surface area (Å²) < 4.78 is 0. The van der Waals surface area contributed by atoms with Gasteiger partial charge in [-0.15, -0.1) is 0 Å². The monoisotopic (exact) mass is 411 g/mol. The zero-order valence-electron chi connectivity index (χ0n) is 16.6. The van der Waals surface area contributed by atoms with E-state index in [-0.39, 0.29) is 24.2 Å². The number of carbonyl (C=O) groups is 2. The summed E-state index contributed by atoms with van der Waals surface area (Å²) in [7, 11) is 0. The quantitative estimate of drug-likeness (QED) is 0.817. The van der Waals surface area contributed by atoms with Gasteiger partial charge in [0.2, 0.25) is 11.8 Å². The first-order valence-corrected chi connectivity index (χ1v) is 10.5. The smallest absolute Gasteiger partial charge is 0.227 e. The lowest BCUT2D eigenvalue weighted by Gasteiger charge is -2.21. The largest absolute Gasteiger partial charge is 0.371 e. The first kappa shape index (κ1) is 19.8. The van der Waals surface area contributed by atoms with Crippen molar-refractivity contribution in [3.63, 3.8) is 0 Å². The number of benzene rings is 2. The van der Waals surface area contributed by atoms with Gasteiger partial charge in [0.1, 0.15) is 0 Å². The number of aryl methyl sites for hydroxylation is 1. The summed E-state index contributed by atoms with van der Waals surface area (Å²) in [4.78, 5) is 29.0. The zero-order chi connectivity index (χ0) is 20.4. The molecule has 2 aromatic carbocycles. The van der Waals surface area contributed by atoms with E-state index in [4.69, 9.17) is 11.6 Å². The maximum Gasteiger partial charge on any atom is 0.227 e. The van der Waals surface area contributed by atoms with E-state index in [1.807, 2.05) is 48.5 Å². The first-order chi connectivity index (χ1) is 14.0. The van der Waals surface area contributed by atoms with Gasteiger partial charge in [-0.2, -0.15) is 0 Å². The van der Waals surface area contributed by atoms with Crippen LogP contribution >= 0.6 is 11.6 Å². The molecule has 0 radical (unpaired) electrons. The lowest BCUT2D eigenvalue weighted by atomic mass is 10.1. The van der Waals surface area contributed by atoms with E-state index in [0.29, 0.717) is 19.0 Å². The van der Waals surface area contributed by atoms with Gasteiger partial charge in [-0.05, 0) is 49.1 Å². The van der Waals surface area contributed by atoms with E-state index >= 15 is 0 Å². The number of amides is 2. The Morgan fingerprint density at radius 3 is 2.76 bits per heavy atom. The molecule has 2 atom stereocenters. The molecule has 0 aliphatic carbocycles.